The molecular weight excluding hydrogens is 192 g/mol. The Balaban J connectivity index is 2.05. The number of hydrogen-bond donors (Lipinski definition) is 0. The molecule has 0 N–H and O–H groups in total. The number of fused-ring (bicyclic) bond motifs is 1. The molecule has 3 heteroatoms. The zero-order valence-electron chi connectivity index (χ0n) is 7.84. The lowest BCUT2D eigenvalue weighted by atomic mass is 9.66. The van der Waals surface area contributed by atoms with Crippen LogP contribution >= 0.6 is 0 Å². The van der Waals surface area contributed by atoms with E-state index in [9.17, 15) is 9.59 Å². The fourth-order valence-corrected chi connectivity index (χ4v) is 2.99. The third-order valence-corrected chi connectivity index (χ3v) is 3.69. The van der Waals surface area contributed by atoms with Crippen LogP contribution < -0.4 is 0 Å². The van der Waals surface area contributed by atoms with Gasteiger partial charge in [0.1, 0.15) is 0 Å². The number of carbonyl (C=O) groups excluding carboxylic acids is 2. The molecule has 2 bridgehead atoms. The lowest BCUT2D eigenvalue weighted by Gasteiger charge is -2.32. The Labute approximate surface area is 86.0 Å². The Morgan fingerprint density at radius 2 is 1.33 bits per heavy atom. The second-order valence-corrected chi connectivity index (χ2v) is 4.38. The van der Waals surface area contributed by atoms with Gasteiger partial charge in [0, 0.05) is 0 Å². The highest BCUT2D eigenvalue weighted by atomic mass is 16.6. The summed E-state index contributed by atoms with van der Waals surface area (Å²) in [6.45, 7) is 0. The molecule has 2 fully saturated rings. The zero-order chi connectivity index (χ0) is 10.2. The number of benzene rings is 1. The van der Waals surface area contributed by atoms with E-state index in [1.807, 2.05) is 24.3 Å². The number of carbonyl (C=O) groups is 2. The van der Waals surface area contributed by atoms with Crippen molar-refractivity contribution >= 4 is 11.6 Å². The molecule has 4 aliphatic rings. The third kappa shape index (κ3) is 0.732. The third-order valence-electron chi connectivity index (χ3n) is 3.69. The van der Waals surface area contributed by atoms with Crippen molar-refractivity contribution in [2.45, 2.75) is 24.0 Å². The van der Waals surface area contributed by atoms with E-state index in [0.717, 1.165) is 11.1 Å². The second-order valence-electron chi connectivity index (χ2n) is 4.38. The van der Waals surface area contributed by atoms with Crippen molar-refractivity contribution in [1.82, 2.24) is 0 Å². The van der Waals surface area contributed by atoms with Crippen molar-refractivity contribution in [3.63, 3.8) is 0 Å². The summed E-state index contributed by atoms with van der Waals surface area (Å²) in [4.78, 5) is 23.5. The van der Waals surface area contributed by atoms with E-state index in [2.05, 4.69) is 0 Å². The van der Waals surface area contributed by atoms with Gasteiger partial charge in [-0.05, 0) is 11.1 Å². The molecule has 0 amide bonds. The van der Waals surface area contributed by atoms with Crippen LogP contribution in [0.3, 0.4) is 0 Å². The maximum absolute atomic E-state index is 11.8. The van der Waals surface area contributed by atoms with Crippen molar-refractivity contribution in [2.24, 2.45) is 0 Å². The Hall–Kier alpha value is -1.48. The first-order valence-corrected chi connectivity index (χ1v) is 5.11. The van der Waals surface area contributed by atoms with Crippen molar-refractivity contribution in [3.8, 4) is 0 Å². The number of Topliss-reactive ketones (excluding diaryl/α,β-unsaturated/α-hetero) is 2. The lowest BCUT2D eigenvalue weighted by Crippen LogP contribution is -2.44. The van der Waals surface area contributed by atoms with Crippen LogP contribution in [0.25, 0.3) is 0 Å². The second kappa shape index (κ2) is 2.19. The summed E-state index contributed by atoms with van der Waals surface area (Å²) < 4.78 is 5.45. The molecule has 1 saturated carbocycles. The average Bonchev–Trinajstić information content (AvgIpc) is 3.02. The van der Waals surface area contributed by atoms with Crippen molar-refractivity contribution < 1.29 is 14.3 Å². The number of ketones is 2. The average molecular weight is 200 g/mol. The van der Waals surface area contributed by atoms with Crippen LogP contribution in [0, 0.1) is 0 Å². The summed E-state index contributed by atoms with van der Waals surface area (Å²) in [6.07, 6.45) is -0.0369. The van der Waals surface area contributed by atoms with Gasteiger partial charge in [0.15, 0.2) is 0 Å². The Morgan fingerprint density at radius 1 is 0.867 bits per heavy atom. The Bertz CT molecular complexity index is 460. The van der Waals surface area contributed by atoms with Gasteiger partial charge in [-0.3, -0.25) is 9.59 Å². The molecule has 0 unspecified atom stereocenters. The minimum atomic E-state index is -0.316. The van der Waals surface area contributed by atoms with Crippen LogP contribution in [0.5, 0.6) is 0 Å². The van der Waals surface area contributed by atoms with Gasteiger partial charge in [0.2, 0.25) is 11.6 Å². The van der Waals surface area contributed by atoms with Gasteiger partial charge in [-0.25, -0.2) is 0 Å². The highest BCUT2D eigenvalue weighted by Crippen LogP contribution is 2.55. The van der Waals surface area contributed by atoms with E-state index >= 15 is 0 Å². The van der Waals surface area contributed by atoms with Crippen LogP contribution in [0.4, 0.5) is 0 Å². The topological polar surface area (TPSA) is 46.7 Å². The van der Waals surface area contributed by atoms with Gasteiger partial charge in [-0.1, -0.05) is 24.3 Å². The number of hydrogen-bond acceptors (Lipinski definition) is 3. The standard InChI is InChI=1S/C12H8O3/c13-9-7-5-3-1-2-4-6(5)8(10(9)14)12-11(7)15-12/h1-4,7-8,11-12H/t7-,8+,11-,12+. The van der Waals surface area contributed by atoms with Gasteiger partial charge >= 0.3 is 0 Å². The highest BCUT2D eigenvalue weighted by Gasteiger charge is 2.65. The van der Waals surface area contributed by atoms with E-state index in [0.29, 0.717) is 0 Å². The summed E-state index contributed by atoms with van der Waals surface area (Å²) >= 11 is 0. The molecule has 15 heavy (non-hydrogen) atoms. The van der Waals surface area contributed by atoms with E-state index < -0.39 is 0 Å². The molecule has 1 heterocycles. The van der Waals surface area contributed by atoms with Crippen molar-refractivity contribution in [2.75, 3.05) is 0 Å². The van der Waals surface area contributed by atoms with Crippen LogP contribution in [0.2, 0.25) is 0 Å². The van der Waals surface area contributed by atoms with Crippen LogP contribution in [0.1, 0.15) is 23.0 Å². The summed E-state index contributed by atoms with van der Waals surface area (Å²) in [5.41, 5.74) is 2.01. The summed E-state index contributed by atoms with van der Waals surface area (Å²) in [5.74, 6) is -1.14. The quantitative estimate of drug-likeness (QED) is 0.459. The summed E-state index contributed by atoms with van der Waals surface area (Å²) in [7, 11) is 0. The fraction of sp³-hybridized carbons (Fsp3) is 0.333. The SMILES string of the molecule is O=C1C(=O)[C@H]2c3ccccc3[C@@H]1[C@@H]1O[C@@H]12. The predicted octanol–water partition coefficient (Wildman–Crippen LogP) is 0.787. The molecule has 0 radical (unpaired) electrons. The molecule has 5 rings (SSSR count). The van der Waals surface area contributed by atoms with Gasteiger partial charge < -0.3 is 4.74 Å². The van der Waals surface area contributed by atoms with Crippen molar-refractivity contribution in [1.29, 1.82) is 0 Å². The van der Waals surface area contributed by atoms with Gasteiger partial charge in [-0.2, -0.15) is 0 Å². The molecular formula is C12H8O3. The minimum absolute atomic E-state index is 0.0184. The molecule has 1 aromatic carbocycles. The van der Waals surface area contributed by atoms with Gasteiger partial charge in [-0.15, -0.1) is 0 Å². The smallest absolute Gasteiger partial charge is 0.209 e. The molecule has 1 saturated heterocycles. The minimum Gasteiger partial charge on any atom is -0.367 e. The number of epoxide rings is 1. The normalized spacial score (nSPS) is 40.0. The zero-order valence-corrected chi connectivity index (χ0v) is 7.84. The largest absolute Gasteiger partial charge is 0.367 e. The molecule has 0 spiro atoms. The highest BCUT2D eigenvalue weighted by molar-refractivity contribution is 6.43. The van der Waals surface area contributed by atoms with Crippen LogP contribution in [-0.2, 0) is 14.3 Å². The van der Waals surface area contributed by atoms with Crippen LogP contribution in [0.15, 0.2) is 24.3 Å². The lowest BCUT2D eigenvalue weighted by molar-refractivity contribution is -0.140. The van der Waals surface area contributed by atoms with E-state index in [4.69, 9.17) is 4.74 Å². The first-order valence-electron chi connectivity index (χ1n) is 5.11. The van der Waals surface area contributed by atoms with Gasteiger partial charge in [0.25, 0.3) is 0 Å². The van der Waals surface area contributed by atoms with E-state index in [1.165, 1.54) is 0 Å². The first kappa shape index (κ1) is 7.77. The maximum Gasteiger partial charge on any atom is 0.209 e. The van der Waals surface area contributed by atoms with Gasteiger partial charge in [0.05, 0.1) is 24.0 Å². The first-order chi connectivity index (χ1) is 7.29. The molecule has 4 atom stereocenters. The maximum atomic E-state index is 11.8. The number of rotatable bonds is 0. The molecule has 1 aliphatic heterocycles. The molecule has 3 aliphatic carbocycles. The van der Waals surface area contributed by atoms with E-state index in [-0.39, 0.29) is 35.6 Å². The Morgan fingerprint density at radius 3 is 1.80 bits per heavy atom. The van der Waals surface area contributed by atoms with E-state index in [1.54, 1.807) is 0 Å². The molecule has 3 nitrogen and oxygen atoms in total. The Kier molecular flexibility index (Phi) is 1.14. The monoisotopic (exact) mass is 200 g/mol. The molecule has 74 valence electrons. The molecule has 1 aromatic rings. The predicted molar refractivity (Wildman–Crippen MR) is 50.6 cm³/mol. The van der Waals surface area contributed by atoms with Crippen LogP contribution in [-0.4, -0.2) is 23.8 Å². The summed E-state index contributed by atoms with van der Waals surface area (Å²) in [5, 5.41) is 0. The molecule has 0 aromatic heterocycles. The fourth-order valence-electron chi connectivity index (χ4n) is 2.99. The summed E-state index contributed by atoms with van der Waals surface area (Å²) in [6, 6.07) is 7.70. The van der Waals surface area contributed by atoms with Crippen molar-refractivity contribution in [3.05, 3.63) is 35.4 Å². The number of ether oxygens (including phenoxy) is 1.